The van der Waals surface area contributed by atoms with Crippen LogP contribution in [0.5, 0.6) is 11.5 Å². The standard InChI is InChI=1S/C11H13F3.C11H16O2.C11H16.C10H14O.2C10H14/c1-7(2)9-4-8(3)5-10(6-9)11(12,13)14;1-8(2)9-5-4-6-11(13-3)10(9)7-12;1-9(2)10(3)11-7-5-4-6-8-11;1-8(2)9-5-4-6-10(7-9)11-3;2*1-8(2)10-6-4-9(3)5-7-10/h4-7H,1-3H3;4-6,8,12H,7H2,1-3H3;4-10H,1-3H3;4-8H,1-3H3;2*4-8H,1-3H3. The van der Waals surface area contributed by atoms with E-state index in [1.165, 1.54) is 45.5 Å². The number of aliphatic hydroxyl groups is 1. The van der Waals surface area contributed by atoms with Crippen LogP contribution in [0, 0.1) is 26.7 Å². The fraction of sp³-hybridized carbons (Fsp3) is 0.429. The highest BCUT2D eigenvalue weighted by molar-refractivity contribution is 5.41. The third-order valence-corrected chi connectivity index (χ3v) is 11.8. The summed E-state index contributed by atoms with van der Waals surface area (Å²) < 4.78 is 47.5. The Bertz CT molecular complexity index is 2220. The van der Waals surface area contributed by atoms with Crippen LogP contribution in [-0.2, 0) is 12.8 Å². The highest BCUT2D eigenvalue weighted by Gasteiger charge is 2.31. The van der Waals surface area contributed by atoms with Crippen molar-refractivity contribution in [1.82, 2.24) is 0 Å². The molecule has 0 aromatic heterocycles. The van der Waals surface area contributed by atoms with E-state index in [4.69, 9.17) is 9.47 Å². The Labute approximate surface area is 417 Å². The third-order valence-electron chi connectivity index (χ3n) is 11.8. The Morgan fingerprint density at radius 2 is 0.899 bits per heavy atom. The van der Waals surface area contributed by atoms with Gasteiger partial charge in [0.1, 0.15) is 11.5 Å². The van der Waals surface area contributed by atoms with Gasteiger partial charge in [0.15, 0.2) is 0 Å². The van der Waals surface area contributed by atoms with Crippen LogP contribution in [0.3, 0.4) is 0 Å². The first-order chi connectivity index (χ1) is 32.4. The molecule has 1 N–H and O–H groups in total. The predicted octanol–water partition coefficient (Wildman–Crippen LogP) is 18.9. The zero-order valence-electron chi connectivity index (χ0n) is 45.4. The van der Waals surface area contributed by atoms with Gasteiger partial charge in [0, 0.05) is 5.56 Å². The van der Waals surface area contributed by atoms with Crippen LogP contribution >= 0.6 is 0 Å². The second-order valence-electron chi connectivity index (χ2n) is 19.6. The Morgan fingerprint density at radius 1 is 0.435 bits per heavy atom. The van der Waals surface area contributed by atoms with Crippen molar-refractivity contribution in [2.45, 2.75) is 159 Å². The van der Waals surface area contributed by atoms with Gasteiger partial charge in [-0.1, -0.05) is 216 Å². The molecule has 0 aliphatic rings. The average Bonchev–Trinajstić information content (AvgIpc) is 3.32. The molecule has 0 spiro atoms. The Morgan fingerprint density at radius 3 is 1.29 bits per heavy atom. The fourth-order valence-electron chi connectivity index (χ4n) is 6.84. The topological polar surface area (TPSA) is 38.7 Å². The maximum atomic E-state index is 12.4. The molecule has 6 aromatic carbocycles. The van der Waals surface area contributed by atoms with Gasteiger partial charge in [-0.15, -0.1) is 0 Å². The molecule has 0 amide bonds. The number of methoxy groups -OCH3 is 2. The van der Waals surface area contributed by atoms with Crippen LogP contribution in [0.1, 0.15) is 187 Å². The van der Waals surface area contributed by atoms with E-state index in [2.05, 4.69) is 181 Å². The average molecular weight is 949 g/mol. The number of benzene rings is 6. The first-order valence-corrected chi connectivity index (χ1v) is 24.6. The summed E-state index contributed by atoms with van der Waals surface area (Å²) in [6.45, 7) is 33.9. The minimum absolute atomic E-state index is 0.0392. The largest absolute Gasteiger partial charge is 0.497 e. The molecule has 378 valence electrons. The molecule has 0 radical (unpaired) electrons. The van der Waals surface area contributed by atoms with E-state index in [1.807, 2.05) is 44.2 Å². The highest BCUT2D eigenvalue weighted by Crippen LogP contribution is 2.32. The van der Waals surface area contributed by atoms with Crippen molar-refractivity contribution >= 4 is 0 Å². The molecular formula is C63H87F3O3. The SMILES string of the molecule is CC(C)C(C)c1ccccc1.COc1cccc(C(C)C)c1.COc1cccc(C(C)C)c1CO.Cc1cc(C(C)C)cc(C(F)(F)F)c1.Cc1ccc(C(C)C)cc1.Cc1ccc(C(C)C)cc1. The molecule has 6 rings (SSSR count). The molecule has 1 unspecified atom stereocenters. The van der Waals surface area contributed by atoms with Crippen molar-refractivity contribution in [3.8, 4) is 11.5 Å². The van der Waals surface area contributed by atoms with Gasteiger partial charge in [-0.05, 0) is 126 Å². The second kappa shape index (κ2) is 31.7. The van der Waals surface area contributed by atoms with Gasteiger partial charge < -0.3 is 14.6 Å². The summed E-state index contributed by atoms with van der Waals surface area (Å²) in [5.41, 5.74) is 11.2. The molecule has 1 atom stereocenters. The van der Waals surface area contributed by atoms with E-state index < -0.39 is 11.7 Å². The van der Waals surface area contributed by atoms with Crippen molar-refractivity contribution in [3.05, 3.63) is 201 Å². The van der Waals surface area contributed by atoms with Crippen LogP contribution < -0.4 is 9.47 Å². The third kappa shape index (κ3) is 23.7. The smallest absolute Gasteiger partial charge is 0.416 e. The fourth-order valence-corrected chi connectivity index (χ4v) is 6.84. The van der Waals surface area contributed by atoms with E-state index in [1.54, 1.807) is 27.2 Å². The summed E-state index contributed by atoms with van der Waals surface area (Å²) in [5.74, 6) is 5.54. The molecule has 0 heterocycles. The highest BCUT2D eigenvalue weighted by atomic mass is 19.4. The lowest BCUT2D eigenvalue weighted by atomic mass is 9.91. The summed E-state index contributed by atoms with van der Waals surface area (Å²) in [4.78, 5) is 0. The molecule has 69 heavy (non-hydrogen) atoms. The lowest BCUT2D eigenvalue weighted by molar-refractivity contribution is -0.137. The van der Waals surface area contributed by atoms with E-state index in [9.17, 15) is 18.3 Å². The molecule has 6 heteroatoms. The monoisotopic (exact) mass is 949 g/mol. The van der Waals surface area contributed by atoms with E-state index in [0.717, 1.165) is 34.1 Å². The number of ether oxygens (including phenoxy) is 2. The number of aliphatic hydroxyl groups excluding tert-OH is 1. The van der Waals surface area contributed by atoms with E-state index in [-0.39, 0.29) is 12.5 Å². The maximum absolute atomic E-state index is 12.4. The Kier molecular flexibility index (Phi) is 28.4. The molecule has 0 bridgehead atoms. The maximum Gasteiger partial charge on any atom is 0.416 e. The summed E-state index contributed by atoms with van der Waals surface area (Å²) >= 11 is 0. The van der Waals surface area contributed by atoms with Gasteiger partial charge in [0.2, 0.25) is 0 Å². The Balaban J connectivity index is 0.000000416. The normalized spacial score (nSPS) is 11.2. The molecule has 0 aliphatic heterocycles. The Hall–Kier alpha value is -5.33. The quantitative estimate of drug-likeness (QED) is 0.149. The first-order valence-electron chi connectivity index (χ1n) is 24.6. The van der Waals surface area contributed by atoms with Crippen LogP contribution in [0.25, 0.3) is 0 Å². The van der Waals surface area contributed by atoms with E-state index in [0.29, 0.717) is 35.2 Å². The van der Waals surface area contributed by atoms with Crippen molar-refractivity contribution in [1.29, 1.82) is 0 Å². The predicted molar refractivity (Wildman–Crippen MR) is 291 cm³/mol. The van der Waals surface area contributed by atoms with Crippen LogP contribution in [0.15, 0.2) is 140 Å². The number of rotatable bonds is 10. The summed E-state index contributed by atoms with van der Waals surface area (Å²) in [6.07, 6.45) is -4.24. The van der Waals surface area contributed by atoms with Crippen LogP contribution in [0.2, 0.25) is 0 Å². The van der Waals surface area contributed by atoms with Gasteiger partial charge in [-0.25, -0.2) is 0 Å². The van der Waals surface area contributed by atoms with Crippen LogP contribution in [-0.4, -0.2) is 19.3 Å². The van der Waals surface area contributed by atoms with Crippen LogP contribution in [0.4, 0.5) is 13.2 Å². The number of halogens is 3. The lowest BCUT2D eigenvalue weighted by Gasteiger charge is -2.15. The molecule has 3 nitrogen and oxygen atoms in total. The van der Waals surface area contributed by atoms with Gasteiger partial charge in [-0.3, -0.25) is 0 Å². The van der Waals surface area contributed by atoms with E-state index >= 15 is 0 Å². The summed E-state index contributed by atoms with van der Waals surface area (Å²) in [7, 11) is 3.32. The molecule has 0 fully saturated rings. The zero-order valence-corrected chi connectivity index (χ0v) is 45.4. The number of hydrogen-bond donors (Lipinski definition) is 1. The van der Waals surface area contributed by atoms with Crippen molar-refractivity contribution in [2.24, 2.45) is 5.92 Å². The first kappa shape index (κ1) is 61.7. The van der Waals surface area contributed by atoms with Crippen molar-refractivity contribution in [3.63, 3.8) is 0 Å². The minimum atomic E-state index is -4.24. The molecular weight excluding hydrogens is 862 g/mol. The molecule has 0 saturated heterocycles. The van der Waals surface area contributed by atoms with Crippen molar-refractivity contribution < 1.29 is 27.8 Å². The minimum Gasteiger partial charge on any atom is -0.497 e. The van der Waals surface area contributed by atoms with Gasteiger partial charge >= 0.3 is 6.18 Å². The number of alkyl halides is 3. The van der Waals surface area contributed by atoms with Gasteiger partial charge in [0.25, 0.3) is 0 Å². The second-order valence-corrected chi connectivity index (χ2v) is 19.6. The lowest BCUT2D eigenvalue weighted by Crippen LogP contribution is -2.06. The zero-order chi connectivity index (χ0) is 52.4. The van der Waals surface area contributed by atoms with Crippen molar-refractivity contribution in [2.75, 3.05) is 14.2 Å². The number of hydrogen-bond acceptors (Lipinski definition) is 3. The van der Waals surface area contributed by atoms with Gasteiger partial charge in [-0.2, -0.15) is 13.2 Å². The number of aryl methyl sites for hydroxylation is 3. The molecule has 6 aromatic rings. The molecule has 0 aliphatic carbocycles. The summed E-state index contributed by atoms with van der Waals surface area (Å²) in [5, 5.41) is 9.20. The summed E-state index contributed by atoms with van der Waals surface area (Å²) in [6, 6.07) is 46.3. The van der Waals surface area contributed by atoms with Gasteiger partial charge in [0.05, 0.1) is 26.4 Å². The molecule has 0 saturated carbocycles.